The van der Waals surface area contributed by atoms with Gasteiger partial charge in [-0.2, -0.15) is 0 Å². The number of carboxylic acid groups (broad SMARTS) is 6. The minimum Gasteiger partial charge on any atom is -0.481 e. The number of aliphatic hydroxyl groups is 10. The summed E-state index contributed by atoms with van der Waals surface area (Å²) in [7, 11) is 0. The van der Waals surface area contributed by atoms with Crippen LogP contribution in [0.4, 0.5) is 0 Å². The van der Waals surface area contributed by atoms with E-state index in [4.69, 9.17) is 60.8 Å². The Morgan fingerprint density at radius 1 is 0.374 bits per heavy atom. The predicted octanol–water partition coefficient (Wildman–Crippen LogP) is 1.80. The molecule has 0 amide bonds. The summed E-state index contributed by atoms with van der Waals surface area (Å²) in [4.78, 5) is 102. The molecule has 4 saturated heterocycles. The molecule has 8 saturated carbocycles. The molecule has 24 N–H and O–H groups in total. The van der Waals surface area contributed by atoms with E-state index >= 15 is 0 Å². The van der Waals surface area contributed by atoms with Crippen LogP contribution in [0, 0.1) is 89.7 Å². The van der Waals surface area contributed by atoms with E-state index in [1.54, 1.807) is 0 Å². The number of hydrogen-bond acceptors (Lipinski definition) is 30. The van der Waals surface area contributed by atoms with E-state index in [-0.39, 0.29) is 85.8 Å². The van der Waals surface area contributed by atoms with Gasteiger partial charge in [0.1, 0.15) is 73.2 Å². The maximum absolute atomic E-state index is 14.6. The predicted molar refractivity (Wildman–Crippen MR) is 426 cm³/mol. The molecule has 12 fully saturated rings. The second-order valence-electron chi connectivity index (χ2n) is 40.5. The summed E-state index contributed by atoms with van der Waals surface area (Å²) in [5.41, 5.74) is 18.3. The molecule has 0 aromatic carbocycles. The SMILES string of the molecule is CC1(C(=O)O)CCC2(C)CCC3(C)C(=CC(=O)C4C5(C)CCC(OC6OC(C(=O)O)C(O)C(O)C6OC6OC(C(=O)O)C(O)C(O)C6O)CC5CCC43C)C2C1.CC1(C(=O)O)CCC2(C)CCC3(C)C(=CC(=O)C4C5(C)CCC(OC6OC(C(=O)O)C(O)C(O)C6OC6OC(C(=O)O)C(O)C(O)C6O)CC5CCC43C)C2C1.NCCCN.NCCCN.[Mn]. The first-order valence-corrected chi connectivity index (χ1v) is 43.6. The summed E-state index contributed by atoms with van der Waals surface area (Å²) in [5, 5.41) is 165. The molecular formula is C86H136MnN4O32. The van der Waals surface area contributed by atoms with Gasteiger partial charge in [0.05, 0.1) is 23.0 Å². The number of aliphatic hydroxyl groups excluding tert-OH is 10. The van der Waals surface area contributed by atoms with Crippen molar-refractivity contribution >= 4 is 47.4 Å². The fraction of sp³-hybridized carbons (Fsp3) is 0.860. The second-order valence-corrected chi connectivity index (χ2v) is 40.5. The molecule has 4 aliphatic heterocycles. The maximum Gasteiger partial charge on any atom is 0.335 e. The van der Waals surface area contributed by atoms with E-state index < -0.39 is 203 Å². The van der Waals surface area contributed by atoms with Gasteiger partial charge in [-0.15, -0.1) is 0 Å². The van der Waals surface area contributed by atoms with Gasteiger partial charge >= 0.3 is 35.8 Å². The van der Waals surface area contributed by atoms with Crippen molar-refractivity contribution in [3.8, 4) is 0 Å². The first kappa shape index (κ1) is 100. The molecule has 36 nitrogen and oxygen atoms in total. The summed E-state index contributed by atoms with van der Waals surface area (Å²) in [5.74, 6) is -8.63. The van der Waals surface area contributed by atoms with Gasteiger partial charge in [0.25, 0.3) is 0 Å². The number of carbonyl (C=O) groups is 8. The molecule has 14 rings (SSSR count). The zero-order valence-corrected chi connectivity index (χ0v) is 73.3. The van der Waals surface area contributed by atoms with E-state index in [1.807, 2.05) is 26.0 Å². The summed E-state index contributed by atoms with van der Waals surface area (Å²) in [6, 6.07) is 0. The van der Waals surface area contributed by atoms with Gasteiger partial charge < -0.3 is 143 Å². The number of carboxylic acids is 6. The summed E-state index contributed by atoms with van der Waals surface area (Å²) >= 11 is 0. The Hall–Kier alpha value is -4.72. The fourth-order valence-electron chi connectivity index (χ4n) is 25.0. The smallest absolute Gasteiger partial charge is 0.335 e. The molecule has 37 heteroatoms. The Kier molecular flexibility index (Phi) is 30.7. The molecule has 38 unspecified atom stereocenters. The van der Waals surface area contributed by atoms with Crippen molar-refractivity contribution in [2.45, 2.75) is 346 Å². The van der Waals surface area contributed by atoms with Gasteiger partial charge in [-0.05, 0) is 260 Å². The first-order chi connectivity index (χ1) is 56.8. The quantitative estimate of drug-likeness (QED) is 0.0687. The minimum atomic E-state index is -2.03. The molecule has 0 aromatic rings. The third-order valence-electron chi connectivity index (χ3n) is 33.5. The molecule has 4 heterocycles. The van der Waals surface area contributed by atoms with E-state index in [1.165, 1.54) is 0 Å². The maximum atomic E-state index is 14.6. The van der Waals surface area contributed by atoms with Gasteiger partial charge in [-0.1, -0.05) is 66.5 Å². The van der Waals surface area contributed by atoms with E-state index in [9.17, 15) is 120 Å². The third-order valence-corrected chi connectivity index (χ3v) is 33.5. The second kappa shape index (κ2) is 37.6. The van der Waals surface area contributed by atoms with Crippen molar-refractivity contribution in [2.75, 3.05) is 26.2 Å². The van der Waals surface area contributed by atoms with Crippen LogP contribution >= 0.6 is 0 Å². The van der Waals surface area contributed by atoms with Crippen LogP contribution in [0.15, 0.2) is 23.3 Å². The number of rotatable bonds is 18. The number of ketones is 2. The topological polar surface area (TPSA) is 638 Å². The van der Waals surface area contributed by atoms with Crippen LogP contribution in [0.25, 0.3) is 0 Å². The molecule has 0 spiro atoms. The summed E-state index contributed by atoms with van der Waals surface area (Å²) in [6.45, 7) is 24.4. The molecule has 0 aromatic heterocycles. The van der Waals surface area contributed by atoms with Crippen molar-refractivity contribution in [1.29, 1.82) is 0 Å². The third kappa shape index (κ3) is 17.9. The van der Waals surface area contributed by atoms with Gasteiger partial charge in [-0.25, -0.2) is 19.2 Å². The monoisotopic (exact) mass is 1790 g/mol. The van der Waals surface area contributed by atoms with Crippen LogP contribution < -0.4 is 22.9 Å². The molecule has 123 heavy (non-hydrogen) atoms. The molecule has 38 atom stereocenters. The van der Waals surface area contributed by atoms with Crippen molar-refractivity contribution < 1.29 is 175 Å². The van der Waals surface area contributed by atoms with Crippen LogP contribution in [0.3, 0.4) is 0 Å². The normalized spacial score (nSPS) is 49.0. The fourth-order valence-corrected chi connectivity index (χ4v) is 25.0. The number of aliphatic carboxylic acids is 6. The number of hydrogen-bond donors (Lipinski definition) is 20. The van der Waals surface area contributed by atoms with Crippen molar-refractivity contribution in [3.63, 3.8) is 0 Å². The van der Waals surface area contributed by atoms with Crippen LogP contribution in [0.2, 0.25) is 0 Å². The van der Waals surface area contributed by atoms with Crippen molar-refractivity contribution in [3.05, 3.63) is 23.3 Å². The van der Waals surface area contributed by atoms with Gasteiger partial charge in [0.2, 0.25) is 0 Å². The van der Waals surface area contributed by atoms with E-state index in [2.05, 4.69) is 55.4 Å². The summed E-state index contributed by atoms with van der Waals surface area (Å²) < 4.78 is 45.9. The Bertz CT molecular complexity index is 3680. The van der Waals surface area contributed by atoms with Crippen LogP contribution in [-0.2, 0) is 93.3 Å². The minimum absolute atomic E-state index is 0. The number of fused-ring (bicyclic) bond motifs is 14. The van der Waals surface area contributed by atoms with Crippen molar-refractivity contribution in [2.24, 2.45) is 113 Å². The van der Waals surface area contributed by atoms with Gasteiger partial charge in [0, 0.05) is 28.9 Å². The van der Waals surface area contributed by atoms with Crippen LogP contribution in [0.5, 0.6) is 0 Å². The Morgan fingerprint density at radius 2 is 0.667 bits per heavy atom. The van der Waals surface area contributed by atoms with Gasteiger partial charge in [-0.3, -0.25) is 19.2 Å². The number of nitrogens with two attached hydrogens (primary N) is 4. The Balaban J connectivity index is 0.000000230. The Labute approximate surface area is 726 Å². The zero-order chi connectivity index (χ0) is 90.4. The first-order valence-electron chi connectivity index (χ1n) is 43.6. The van der Waals surface area contributed by atoms with E-state index in [0.717, 1.165) is 114 Å². The van der Waals surface area contributed by atoms with Gasteiger partial charge in [0.15, 0.2) is 61.1 Å². The zero-order valence-electron chi connectivity index (χ0n) is 72.1. The summed E-state index contributed by atoms with van der Waals surface area (Å²) in [6.07, 6.45) is -20.9. The number of carbonyl (C=O) groups excluding carboxylic acids is 2. The standard InChI is InChI=1S/2C40H58O16.2C3H10N2.Mn/c2*1-36-10-11-37(2,35(51)52)16-20(36)19-15-21(41)30-38(3)8-7-18(14-17(38)6-9-40(30,5)39(19,4)13-12-36)53-34-29(25(45)24(44)28(55-34)32(49)50)56-33-26(46)22(42)23(43)27(54-33)31(47)48;2*4-2-1-3-5;/h2*15,17-18,20,22-30,33-34,42-46H,6-14,16H2,1-5H3,(H,47,48)(H,49,50)(H,51,52);2*1-5H2;. The molecule has 14 aliphatic rings. The number of allylic oxidation sites excluding steroid dienone is 4. The molecular weight excluding hydrogens is 1660 g/mol. The molecule has 699 valence electrons. The average molecular weight is 1790 g/mol. The van der Waals surface area contributed by atoms with E-state index in [0.29, 0.717) is 64.2 Å². The molecule has 1 radical (unpaired) electrons. The molecule has 10 aliphatic carbocycles. The van der Waals surface area contributed by atoms with Crippen molar-refractivity contribution in [1.82, 2.24) is 0 Å². The Morgan fingerprint density at radius 3 is 0.951 bits per heavy atom. The molecule has 0 bridgehead atoms. The number of ether oxygens (including phenoxy) is 8. The van der Waals surface area contributed by atoms with Crippen LogP contribution in [0.1, 0.15) is 210 Å². The average Bonchev–Trinajstić information content (AvgIpc) is 0.680. The van der Waals surface area contributed by atoms with Crippen LogP contribution in [-0.4, -0.2) is 290 Å². The largest absolute Gasteiger partial charge is 0.481 e.